The Balaban J connectivity index is 1.21. The molecule has 1 atom stereocenters. The minimum Gasteiger partial charge on any atom is -0.372 e. The molecule has 3 aromatic rings. The Hall–Kier alpha value is -3.19. The average Bonchev–Trinajstić information content (AvgIpc) is 3.56. The Kier molecular flexibility index (Phi) is 5.66. The second-order valence-corrected chi connectivity index (χ2v) is 9.50. The lowest BCUT2D eigenvalue weighted by Crippen LogP contribution is -2.28. The molecule has 7 heteroatoms. The number of aromatic nitrogens is 1. The number of nitrogens with one attached hydrogen (secondary N) is 1. The van der Waals surface area contributed by atoms with Gasteiger partial charge in [-0.05, 0) is 56.2 Å². The quantitative estimate of drug-likeness (QED) is 0.616. The Bertz CT molecular complexity index is 1120. The number of carbonyl (C=O) groups is 2. The number of hydrogen-bond donors (Lipinski definition) is 1. The van der Waals surface area contributed by atoms with Crippen molar-refractivity contribution in [2.75, 3.05) is 34.8 Å². The van der Waals surface area contributed by atoms with Gasteiger partial charge in [0.05, 0.1) is 16.6 Å². The van der Waals surface area contributed by atoms with Crippen LogP contribution in [0.2, 0.25) is 0 Å². The van der Waals surface area contributed by atoms with Crippen LogP contribution in [-0.4, -0.2) is 36.4 Å². The smallest absolute Gasteiger partial charge is 0.229 e. The van der Waals surface area contributed by atoms with Gasteiger partial charge in [0.1, 0.15) is 0 Å². The van der Waals surface area contributed by atoms with E-state index >= 15 is 0 Å². The first-order valence-corrected chi connectivity index (χ1v) is 11.9. The third kappa shape index (κ3) is 4.25. The number of anilines is 3. The van der Waals surface area contributed by atoms with Gasteiger partial charge in [0.15, 0.2) is 0 Å². The number of hydrogen-bond acceptors (Lipinski definition) is 5. The van der Waals surface area contributed by atoms with Gasteiger partial charge in [0.25, 0.3) is 0 Å². The molecule has 2 aliphatic heterocycles. The molecule has 5 rings (SSSR count). The topological polar surface area (TPSA) is 65.5 Å². The summed E-state index contributed by atoms with van der Waals surface area (Å²) in [5.74, 6) is -0.485. The summed E-state index contributed by atoms with van der Waals surface area (Å²) in [5.41, 5.74) is 4.75. The highest BCUT2D eigenvalue weighted by Crippen LogP contribution is 2.29. The summed E-state index contributed by atoms with van der Waals surface area (Å²) in [7, 11) is 0. The zero-order valence-corrected chi connectivity index (χ0v) is 18.9. The van der Waals surface area contributed by atoms with Gasteiger partial charge in [-0.15, -0.1) is 11.3 Å². The molecular formula is C25H26N4O2S. The zero-order chi connectivity index (χ0) is 22.1. The Labute approximate surface area is 191 Å². The SMILES string of the molecule is Cc1nc(-c2ccc(NC(=O)C3CC(=O)N(c4ccc(N5CCCC5)cc4)C3)cc2)cs1. The van der Waals surface area contributed by atoms with Gasteiger partial charge in [-0.1, -0.05) is 12.1 Å². The number of thiazole rings is 1. The molecular weight excluding hydrogens is 420 g/mol. The number of nitrogens with zero attached hydrogens (tertiary/aromatic N) is 3. The van der Waals surface area contributed by atoms with Crippen LogP contribution in [0.1, 0.15) is 24.3 Å². The first-order chi connectivity index (χ1) is 15.6. The van der Waals surface area contributed by atoms with Crippen molar-refractivity contribution in [3.8, 4) is 11.3 Å². The van der Waals surface area contributed by atoms with Crippen molar-refractivity contribution in [2.24, 2.45) is 5.92 Å². The highest BCUT2D eigenvalue weighted by atomic mass is 32.1. The zero-order valence-electron chi connectivity index (χ0n) is 18.1. The van der Waals surface area contributed by atoms with E-state index in [-0.39, 0.29) is 24.2 Å². The van der Waals surface area contributed by atoms with Crippen molar-refractivity contribution in [2.45, 2.75) is 26.2 Å². The summed E-state index contributed by atoms with van der Waals surface area (Å²) in [4.78, 5) is 34.0. The fourth-order valence-electron chi connectivity index (χ4n) is 4.42. The molecule has 0 aliphatic carbocycles. The van der Waals surface area contributed by atoms with Crippen molar-refractivity contribution in [3.63, 3.8) is 0 Å². The maximum absolute atomic E-state index is 12.8. The summed E-state index contributed by atoms with van der Waals surface area (Å²) in [6.07, 6.45) is 2.70. The normalized spacial score (nSPS) is 18.4. The fourth-order valence-corrected chi connectivity index (χ4v) is 5.04. The van der Waals surface area contributed by atoms with Gasteiger partial charge in [-0.3, -0.25) is 9.59 Å². The molecule has 3 heterocycles. The molecule has 0 saturated carbocycles. The summed E-state index contributed by atoms with van der Waals surface area (Å²) in [6, 6.07) is 15.8. The van der Waals surface area contributed by atoms with Crippen LogP contribution in [0.3, 0.4) is 0 Å². The first kappa shape index (κ1) is 20.7. The molecule has 2 saturated heterocycles. The van der Waals surface area contributed by atoms with Crippen molar-refractivity contribution >= 4 is 40.2 Å². The lowest BCUT2D eigenvalue weighted by atomic mass is 10.1. The van der Waals surface area contributed by atoms with Crippen LogP contribution in [0.15, 0.2) is 53.9 Å². The van der Waals surface area contributed by atoms with Gasteiger partial charge in [0, 0.05) is 54.1 Å². The van der Waals surface area contributed by atoms with E-state index in [1.165, 1.54) is 18.5 Å². The van der Waals surface area contributed by atoms with Gasteiger partial charge in [-0.25, -0.2) is 4.98 Å². The Morgan fingerprint density at radius 3 is 2.38 bits per heavy atom. The molecule has 2 aromatic carbocycles. The standard InChI is InChI=1S/C25H26N4O2S/c1-17-26-23(16-32-17)18-4-6-20(7-5-18)27-25(31)19-14-24(30)29(15-19)22-10-8-21(9-11-22)28-12-2-3-13-28/h4-11,16,19H,2-3,12-15H2,1H3,(H,27,31). The second kappa shape index (κ2) is 8.74. The van der Waals surface area contributed by atoms with Crippen LogP contribution in [0.5, 0.6) is 0 Å². The maximum Gasteiger partial charge on any atom is 0.229 e. The minimum atomic E-state index is -0.360. The maximum atomic E-state index is 12.8. The average molecular weight is 447 g/mol. The van der Waals surface area contributed by atoms with Gasteiger partial charge >= 0.3 is 0 Å². The van der Waals surface area contributed by atoms with E-state index in [0.29, 0.717) is 6.54 Å². The molecule has 1 unspecified atom stereocenters. The van der Waals surface area contributed by atoms with Gasteiger partial charge in [-0.2, -0.15) is 0 Å². The molecule has 0 spiro atoms. The monoisotopic (exact) mass is 446 g/mol. The molecule has 2 fully saturated rings. The van der Waals surface area contributed by atoms with Gasteiger partial charge < -0.3 is 15.1 Å². The molecule has 1 N–H and O–H groups in total. The Morgan fingerprint density at radius 2 is 1.72 bits per heavy atom. The van der Waals surface area contributed by atoms with Crippen LogP contribution in [-0.2, 0) is 9.59 Å². The van der Waals surface area contributed by atoms with E-state index in [1.807, 2.05) is 48.7 Å². The summed E-state index contributed by atoms with van der Waals surface area (Å²) >= 11 is 1.62. The van der Waals surface area contributed by atoms with Crippen LogP contribution in [0.25, 0.3) is 11.3 Å². The van der Waals surface area contributed by atoms with Crippen molar-refractivity contribution in [3.05, 3.63) is 58.9 Å². The largest absolute Gasteiger partial charge is 0.372 e. The molecule has 2 amide bonds. The first-order valence-electron chi connectivity index (χ1n) is 11.1. The number of carbonyl (C=O) groups excluding carboxylic acids is 2. The summed E-state index contributed by atoms with van der Waals surface area (Å²) < 4.78 is 0. The van der Waals surface area contributed by atoms with Crippen molar-refractivity contribution in [1.82, 2.24) is 4.98 Å². The molecule has 6 nitrogen and oxygen atoms in total. The van der Waals surface area contributed by atoms with E-state index in [4.69, 9.17) is 0 Å². The third-order valence-corrected chi connectivity index (χ3v) is 6.97. The van der Waals surface area contributed by atoms with Crippen LogP contribution in [0.4, 0.5) is 17.1 Å². The van der Waals surface area contributed by atoms with Crippen LogP contribution >= 0.6 is 11.3 Å². The van der Waals surface area contributed by atoms with Crippen molar-refractivity contribution in [1.29, 1.82) is 0 Å². The fraction of sp³-hybridized carbons (Fsp3) is 0.320. The summed E-state index contributed by atoms with van der Waals surface area (Å²) in [6.45, 7) is 4.57. The highest BCUT2D eigenvalue weighted by molar-refractivity contribution is 7.09. The van der Waals surface area contributed by atoms with E-state index in [1.54, 1.807) is 16.2 Å². The van der Waals surface area contributed by atoms with Crippen molar-refractivity contribution < 1.29 is 9.59 Å². The number of amides is 2. The van der Waals surface area contributed by atoms with E-state index in [2.05, 4.69) is 27.3 Å². The molecule has 32 heavy (non-hydrogen) atoms. The lowest BCUT2D eigenvalue weighted by molar-refractivity contribution is -0.122. The van der Waals surface area contributed by atoms with Crippen LogP contribution in [0, 0.1) is 12.8 Å². The predicted molar refractivity (Wildman–Crippen MR) is 129 cm³/mol. The third-order valence-electron chi connectivity index (χ3n) is 6.20. The highest BCUT2D eigenvalue weighted by Gasteiger charge is 2.35. The lowest BCUT2D eigenvalue weighted by Gasteiger charge is -2.20. The minimum absolute atomic E-state index is 0.00618. The van der Waals surface area contributed by atoms with E-state index < -0.39 is 0 Å². The number of rotatable bonds is 5. The molecule has 0 radical (unpaired) electrons. The number of aryl methyl sites for hydroxylation is 1. The molecule has 1 aromatic heterocycles. The van der Waals surface area contributed by atoms with E-state index in [9.17, 15) is 9.59 Å². The molecule has 164 valence electrons. The number of benzene rings is 2. The van der Waals surface area contributed by atoms with E-state index in [0.717, 1.165) is 40.7 Å². The molecule has 0 bridgehead atoms. The predicted octanol–water partition coefficient (Wildman–Crippen LogP) is 4.71. The van der Waals surface area contributed by atoms with Crippen LogP contribution < -0.4 is 15.1 Å². The molecule has 2 aliphatic rings. The summed E-state index contributed by atoms with van der Waals surface area (Å²) in [5, 5.41) is 6.02. The van der Waals surface area contributed by atoms with Gasteiger partial charge in [0.2, 0.25) is 11.8 Å². The Morgan fingerprint density at radius 1 is 1.03 bits per heavy atom. The second-order valence-electron chi connectivity index (χ2n) is 8.43.